The van der Waals surface area contributed by atoms with Gasteiger partial charge in [-0.15, -0.1) is 0 Å². The first-order valence-corrected chi connectivity index (χ1v) is 9.25. The first-order valence-electron chi connectivity index (χ1n) is 6.45. The molecule has 0 spiro atoms. The summed E-state index contributed by atoms with van der Waals surface area (Å²) in [7, 11) is -3.51. The molecule has 1 N–H and O–H groups in total. The third-order valence-corrected chi connectivity index (χ3v) is 6.59. The molecule has 1 aromatic carbocycles. The fourth-order valence-electron chi connectivity index (χ4n) is 2.37. The minimum atomic E-state index is -3.51. The topological polar surface area (TPSA) is 63.2 Å². The van der Waals surface area contributed by atoms with Crippen molar-refractivity contribution in [1.82, 2.24) is 0 Å². The molecule has 1 fully saturated rings. The number of halogens is 3. The second kappa shape index (κ2) is 6.55. The minimum absolute atomic E-state index is 0.0861. The van der Waals surface area contributed by atoms with Crippen molar-refractivity contribution < 1.29 is 22.0 Å². The van der Waals surface area contributed by atoms with Gasteiger partial charge >= 0.3 is 0 Å². The molecule has 0 aromatic heterocycles. The predicted molar refractivity (Wildman–Crippen MR) is 83.7 cm³/mol. The Morgan fingerprint density at radius 3 is 2.29 bits per heavy atom. The summed E-state index contributed by atoms with van der Waals surface area (Å²) in [4.78, 5) is 11.8. The van der Waals surface area contributed by atoms with E-state index in [1.807, 2.05) is 0 Å². The monoisotopic (exact) mass is 429 g/mol. The molecule has 1 aromatic rings. The molecule has 0 unspecified atom stereocenters. The highest BCUT2D eigenvalue weighted by Gasteiger charge is 2.30. The Hall–Kier alpha value is -0.770. The second-order valence-corrected chi connectivity index (χ2v) is 8.38. The van der Waals surface area contributed by atoms with Gasteiger partial charge in [-0.25, -0.2) is 17.2 Å². The molecule has 0 atom stereocenters. The Morgan fingerprint density at radius 1 is 1.24 bits per heavy atom. The summed E-state index contributed by atoms with van der Waals surface area (Å²) in [6.45, 7) is 0. The van der Waals surface area contributed by atoms with Crippen molar-refractivity contribution in [3.8, 4) is 0 Å². The van der Waals surface area contributed by atoms with Gasteiger partial charge < -0.3 is 5.32 Å². The SMILES string of the molecule is O=C(CS(=O)(=O)C1CCCC1)Nc1cc(F)c(I)c(F)c1. The van der Waals surface area contributed by atoms with Crippen molar-refractivity contribution >= 4 is 44.0 Å². The normalized spacial score (nSPS) is 16.1. The summed E-state index contributed by atoms with van der Waals surface area (Å²) in [5, 5.41) is 1.75. The number of hydrogen-bond donors (Lipinski definition) is 1. The van der Waals surface area contributed by atoms with Crippen LogP contribution in [0.4, 0.5) is 14.5 Å². The van der Waals surface area contributed by atoms with Crippen LogP contribution in [0.3, 0.4) is 0 Å². The van der Waals surface area contributed by atoms with Gasteiger partial charge in [0, 0.05) is 5.69 Å². The molecule has 1 aliphatic carbocycles. The van der Waals surface area contributed by atoms with Crippen LogP contribution in [-0.4, -0.2) is 25.3 Å². The Labute approximate surface area is 135 Å². The van der Waals surface area contributed by atoms with Crippen LogP contribution in [0.2, 0.25) is 0 Å². The summed E-state index contributed by atoms with van der Waals surface area (Å²) >= 11 is 1.51. The number of amides is 1. The fourth-order valence-corrected chi connectivity index (χ4v) is 4.41. The zero-order chi connectivity index (χ0) is 15.6. The number of anilines is 1. The van der Waals surface area contributed by atoms with Gasteiger partial charge in [-0.1, -0.05) is 12.8 Å². The molecule has 0 radical (unpaired) electrons. The zero-order valence-electron chi connectivity index (χ0n) is 11.0. The van der Waals surface area contributed by atoms with E-state index in [0.29, 0.717) is 12.8 Å². The highest BCUT2D eigenvalue weighted by Crippen LogP contribution is 2.25. The van der Waals surface area contributed by atoms with E-state index in [-0.39, 0.29) is 9.26 Å². The molecule has 0 heterocycles. The van der Waals surface area contributed by atoms with E-state index in [0.717, 1.165) is 25.0 Å². The van der Waals surface area contributed by atoms with Gasteiger partial charge in [-0.2, -0.15) is 0 Å². The fraction of sp³-hybridized carbons (Fsp3) is 0.462. The predicted octanol–water partition coefficient (Wildman–Crippen LogP) is 2.87. The number of benzene rings is 1. The van der Waals surface area contributed by atoms with E-state index < -0.39 is 38.4 Å². The van der Waals surface area contributed by atoms with Crippen LogP contribution in [0.15, 0.2) is 12.1 Å². The first kappa shape index (κ1) is 16.6. The minimum Gasteiger partial charge on any atom is -0.325 e. The van der Waals surface area contributed by atoms with E-state index in [9.17, 15) is 22.0 Å². The van der Waals surface area contributed by atoms with Crippen molar-refractivity contribution in [3.63, 3.8) is 0 Å². The van der Waals surface area contributed by atoms with Crippen LogP contribution >= 0.6 is 22.6 Å². The summed E-state index contributed by atoms with van der Waals surface area (Å²) < 4.78 is 50.6. The van der Waals surface area contributed by atoms with E-state index in [4.69, 9.17) is 0 Å². The number of sulfone groups is 1. The summed E-state index contributed by atoms with van der Waals surface area (Å²) in [6, 6.07) is 1.93. The van der Waals surface area contributed by atoms with Crippen LogP contribution < -0.4 is 5.32 Å². The van der Waals surface area contributed by atoms with E-state index >= 15 is 0 Å². The molecule has 2 rings (SSSR count). The smallest absolute Gasteiger partial charge is 0.239 e. The van der Waals surface area contributed by atoms with E-state index in [2.05, 4.69) is 5.32 Å². The number of nitrogens with one attached hydrogen (secondary N) is 1. The first-order chi connectivity index (χ1) is 9.79. The standard InChI is InChI=1S/C13H14F2INO3S/c14-10-5-8(6-11(15)13(10)16)17-12(18)7-21(19,20)9-3-1-2-4-9/h5-6,9H,1-4,7H2,(H,17,18). The van der Waals surface area contributed by atoms with Crippen LogP contribution in [-0.2, 0) is 14.6 Å². The molecule has 0 aliphatic heterocycles. The van der Waals surface area contributed by atoms with Gasteiger partial charge in [0.05, 0.1) is 8.82 Å². The number of carbonyl (C=O) groups is 1. The number of rotatable bonds is 4. The highest BCUT2D eigenvalue weighted by molar-refractivity contribution is 14.1. The molecular formula is C13H14F2INO3S. The van der Waals surface area contributed by atoms with Crippen molar-refractivity contribution in [3.05, 3.63) is 27.3 Å². The van der Waals surface area contributed by atoms with Crippen LogP contribution in [0.5, 0.6) is 0 Å². The molecule has 0 bridgehead atoms. The zero-order valence-corrected chi connectivity index (χ0v) is 14.0. The van der Waals surface area contributed by atoms with Gasteiger partial charge in [-0.05, 0) is 47.6 Å². The Kier molecular flexibility index (Phi) is 5.18. The van der Waals surface area contributed by atoms with E-state index in [1.165, 1.54) is 22.6 Å². The van der Waals surface area contributed by atoms with Crippen molar-refractivity contribution in [2.75, 3.05) is 11.1 Å². The quantitative estimate of drug-likeness (QED) is 0.592. The molecule has 116 valence electrons. The number of hydrogen-bond acceptors (Lipinski definition) is 3. The van der Waals surface area contributed by atoms with Crippen molar-refractivity contribution in [2.24, 2.45) is 0 Å². The average Bonchev–Trinajstić information content (AvgIpc) is 2.89. The van der Waals surface area contributed by atoms with Gasteiger partial charge in [0.15, 0.2) is 9.84 Å². The van der Waals surface area contributed by atoms with Gasteiger partial charge in [-0.3, -0.25) is 4.79 Å². The lowest BCUT2D eigenvalue weighted by Crippen LogP contribution is -2.29. The van der Waals surface area contributed by atoms with Crippen LogP contribution in [0.1, 0.15) is 25.7 Å². The van der Waals surface area contributed by atoms with Gasteiger partial charge in [0.25, 0.3) is 0 Å². The van der Waals surface area contributed by atoms with E-state index in [1.54, 1.807) is 0 Å². The third kappa shape index (κ3) is 4.12. The summed E-state index contributed by atoms with van der Waals surface area (Å²) in [5.41, 5.74) is -0.0861. The maximum absolute atomic E-state index is 13.4. The molecule has 4 nitrogen and oxygen atoms in total. The molecule has 8 heteroatoms. The molecule has 1 aliphatic rings. The van der Waals surface area contributed by atoms with Crippen molar-refractivity contribution in [2.45, 2.75) is 30.9 Å². The maximum atomic E-state index is 13.4. The Bertz CT molecular complexity index is 634. The lowest BCUT2D eigenvalue weighted by atomic mass is 10.3. The molecule has 1 amide bonds. The molecule has 1 saturated carbocycles. The summed E-state index contributed by atoms with van der Waals surface area (Å²) in [5.74, 6) is -3.04. The lowest BCUT2D eigenvalue weighted by Gasteiger charge is -2.11. The Morgan fingerprint density at radius 2 is 1.76 bits per heavy atom. The molecular weight excluding hydrogens is 415 g/mol. The third-order valence-electron chi connectivity index (χ3n) is 3.41. The van der Waals surface area contributed by atoms with Gasteiger partial charge in [0.2, 0.25) is 5.91 Å². The molecule has 0 saturated heterocycles. The maximum Gasteiger partial charge on any atom is 0.239 e. The van der Waals surface area contributed by atoms with Gasteiger partial charge in [0.1, 0.15) is 17.4 Å². The molecule has 21 heavy (non-hydrogen) atoms. The lowest BCUT2D eigenvalue weighted by molar-refractivity contribution is -0.113. The second-order valence-electron chi connectivity index (χ2n) is 5.02. The largest absolute Gasteiger partial charge is 0.325 e. The highest BCUT2D eigenvalue weighted by atomic mass is 127. The number of carbonyl (C=O) groups excluding carboxylic acids is 1. The summed E-state index contributed by atoms with van der Waals surface area (Å²) in [6.07, 6.45) is 2.84. The van der Waals surface area contributed by atoms with Crippen LogP contribution in [0.25, 0.3) is 0 Å². The van der Waals surface area contributed by atoms with Crippen LogP contribution in [0, 0.1) is 15.2 Å². The van der Waals surface area contributed by atoms with Crippen molar-refractivity contribution in [1.29, 1.82) is 0 Å². The Balaban J connectivity index is 2.05. The average molecular weight is 429 g/mol.